The summed E-state index contributed by atoms with van der Waals surface area (Å²) in [5.74, 6) is 0. The van der Waals surface area contributed by atoms with E-state index in [-0.39, 0.29) is 6.10 Å². The van der Waals surface area contributed by atoms with Gasteiger partial charge in [0.25, 0.3) is 0 Å². The van der Waals surface area contributed by atoms with E-state index in [1.165, 1.54) is 5.69 Å². The molecule has 0 saturated heterocycles. The van der Waals surface area contributed by atoms with Crippen LogP contribution in [0.5, 0.6) is 0 Å². The summed E-state index contributed by atoms with van der Waals surface area (Å²) in [7, 11) is 0. The SMILES string of the molecule is CCN(c1ccccc1)[C@@H]1CCC[C@H]1O. The quantitative estimate of drug-likeness (QED) is 0.819. The van der Waals surface area contributed by atoms with Gasteiger partial charge in [0.05, 0.1) is 12.1 Å². The van der Waals surface area contributed by atoms with E-state index in [1.807, 2.05) is 6.07 Å². The van der Waals surface area contributed by atoms with Gasteiger partial charge in [-0.15, -0.1) is 0 Å². The molecule has 15 heavy (non-hydrogen) atoms. The first-order valence-electron chi connectivity index (χ1n) is 5.82. The van der Waals surface area contributed by atoms with E-state index in [0.29, 0.717) is 6.04 Å². The zero-order valence-corrected chi connectivity index (χ0v) is 9.26. The molecule has 1 aliphatic rings. The van der Waals surface area contributed by atoms with E-state index in [2.05, 4.69) is 36.1 Å². The Morgan fingerprint density at radius 3 is 2.53 bits per heavy atom. The minimum absolute atomic E-state index is 0.148. The summed E-state index contributed by atoms with van der Waals surface area (Å²) >= 11 is 0. The molecular formula is C13H19NO. The lowest BCUT2D eigenvalue weighted by Crippen LogP contribution is -2.40. The third kappa shape index (κ3) is 2.15. The molecule has 0 bridgehead atoms. The van der Waals surface area contributed by atoms with Crippen LogP contribution in [0.25, 0.3) is 0 Å². The summed E-state index contributed by atoms with van der Waals surface area (Å²) in [6, 6.07) is 10.7. The average molecular weight is 205 g/mol. The van der Waals surface area contributed by atoms with E-state index in [1.54, 1.807) is 0 Å². The largest absolute Gasteiger partial charge is 0.391 e. The van der Waals surface area contributed by atoms with Crippen LogP contribution in [0, 0.1) is 0 Å². The van der Waals surface area contributed by atoms with Crippen molar-refractivity contribution >= 4 is 5.69 Å². The van der Waals surface area contributed by atoms with Crippen molar-refractivity contribution in [3.8, 4) is 0 Å². The van der Waals surface area contributed by atoms with E-state index in [9.17, 15) is 5.11 Å². The molecule has 1 fully saturated rings. The van der Waals surface area contributed by atoms with Crippen molar-refractivity contribution in [1.29, 1.82) is 0 Å². The standard InChI is InChI=1S/C13H19NO/c1-2-14(11-7-4-3-5-8-11)12-9-6-10-13(12)15/h3-5,7-8,12-13,15H,2,6,9-10H2,1H3/t12-,13-/m1/s1. The molecule has 2 heteroatoms. The average Bonchev–Trinajstić information content (AvgIpc) is 2.68. The maximum atomic E-state index is 9.91. The molecule has 1 aromatic rings. The van der Waals surface area contributed by atoms with Crippen molar-refractivity contribution in [3.05, 3.63) is 30.3 Å². The summed E-state index contributed by atoms with van der Waals surface area (Å²) in [5, 5.41) is 9.91. The smallest absolute Gasteiger partial charge is 0.0743 e. The fourth-order valence-electron chi connectivity index (χ4n) is 2.51. The first kappa shape index (κ1) is 10.5. The van der Waals surface area contributed by atoms with Crippen LogP contribution in [0.3, 0.4) is 0 Å². The highest BCUT2D eigenvalue weighted by atomic mass is 16.3. The third-order valence-electron chi connectivity index (χ3n) is 3.27. The fraction of sp³-hybridized carbons (Fsp3) is 0.538. The number of likely N-dealkylation sites (N-methyl/N-ethyl adjacent to an activating group) is 1. The van der Waals surface area contributed by atoms with Gasteiger partial charge < -0.3 is 10.0 Å². The first-order valence-corrected chi connectivity index (χ1v) is 5.82. The number of rotatable bonds is 3. The summed E-state index contributed by atoms with van der Waals surface area (Å²) in [5.41, 5.74) is 1.23. The number of aliphatic hydroxyl groups excluding tert-OH is 1. The first-order chi connectivity index (χ1) is 7.33. The van der Waals surface area contributed by atoms with Gasteiger partial charge in [0.1, 0.15) is 0 Å². The van der Waals surface area contributed by atoms with Crippen LogP contribution in [0.4, 0.5) is 5.69 Å². The Bertz CT molecular complexity index is 299. The summed E-state index contributed by atoms with van der Waals surface area (Å²) in [6.07, 6.45) is 3.07. The summed E-state index contributed by atoms with van der Waals surface area (Å²) in [6.45, 7) is 3.11. The molecular weight excluding hydrogens is 186 g/mol. The monoisotopic (exact) mass is 205 g/mol. The molecule has 2 nitrogen and oxygen atoms in total. The van der Waals surface area contributed by atoms with E-state index < -0.39 is 0 Å². The Kier molecular flexibility index (Phi) is 3.27. The molecule has 1 saturated carbocycles. The van der Waals surface area contributed by atoms with Crippen LogP contribution < -0.4 is 4.90 Å². The summed E-state index contributed by atoms with van der Waals surface area (Å²) < 4.78 is 0. The highest BCUT2D eigenvalue weighted by molar-refractivity contribution is 5.47. The van der Waals surface area contributed by atoms with Crippen LogP contribution in [0.15, 0.2) is 30.3 Å². The molecule has 2 rings (SSSR count). The Balaban J connectivity index is 2.17. The van der Waals surface area contributed by atoms with Gasteiger partial charge in [-0.05, 0) is 38.3 Å². The zero-order chi connectivity index (χ0) is 10.7. The number of hydrogen-bond acceptors (Lipinski definition) is 2. The zero-order valence-electron chi connectivity index (χ0n) is 9.26. The van der Waals surface area contributed by atoms with Crippen LogP contribution in [0.1, 0.15) is 26.2 Å². The number of nitrogens with zero attached hydrogens (tertiary/aromatic N) is 1. The Morgan fingerprint density at radius 1 is 1.27 bits per heavy atom. The number of anilines is 1. The fourth-order valence-corrected chi connectivity index (χ4v) is 2.51. The Labute approximate surface area is 91.5 Å². The predicted molar refractivity (Wildman–Crippen MR) is 63.1 cm³/mol. The molecule has 1 aliphatic carbocycles. The highest BCUT2D eigenvalue weighted by Gasteiger charge is 2.29. The number of hydrogen-bond donors (Lipinski definition) is 1. The van der Waals surface area contributed by atoms with Gasteiger partial charge in [-0.25, -0.2) is 0 Å². The van der Waals surface area contributed by atoms with Crippen molar-refractivity contribution in [2.45, 2.75) is 38.3 Å². The number of benzene rings is 1. The van der Waals surface area contributed by atoms with E-state index >= 15 is 0 Å². The van der Waals surface area contributed by atoms with Crippen molar-refractivity contribution in [2.75, 3.05) is 11.4 Å². The topological polar surface area (TPSA) is 23.5 Å². The highest BCUT2D eigenvalue weighted by Crippen LogP contribution is 2.28. The van der Waals surface area contributed by atoms with Gasteiger partial charge in [-0.2, -0.15) is 0 Å². The molecule has 0 spiro atoms. The molecule has 0 unspecified atom stereocenters. The van der Waals surface area contributed by atoms with E-state index in [0.717, 1.165) is 25.8 Å². The van der Waals surface area contributed by atoms with Gasteiger partial charge >= 0.3 is 0 Å². The minimum Gasteiger partial charge on any atom is -0.391 e. The lowest BCUT2D eigenvalue weighted by Gasteiger charge is -2.32. The second-order valence-electron chi connectivity index (χ2n) is 4.19. The van der Waals surface area contributed by atoms with Crippen molar-refractivity contribution in [3.63, 3.8) is 0 Å². The molecule has 2 atom stereocenters. The van der Waals surface area contributed by atoms with Crippen molar-refractivity contribution in [1.82, 2.24) is 0 Å². The molecule has 0 aliphatic heterocycles. The maximum absolute atomic E-state index is 9.91. The van der Waals surface area contributed by atoms with Crippen LogP contribution >= 0.6 is 0 Å². The van der Waals surface area contributed by atoms with Crippen LogP contribution in [-0.4, -0.2) is 23.8 Å². The molecule has 1 aromatic carbocycles. The molecule has 0 heterocycles. The molecule has 0 aromatic heterocycles. The summed E-state index contributed by atoms with van der Waals surface area (Å²) in [4.78, 5) is 2.32. The lowest BCUT2D eigenvalue weighted by atomic mass is 10.1. The van der Waals surface area contributed by atoms with Gasteiger partial charge in [-0.3, -0.25) is 0 Å². The lowest BCUT2D eigenvalue weighted by molar-refractivity contribution is 0.161. The Morgan fingerprint density at radius 2 is 2.00 bits per heavy atom. The minimum atomic E-state index is -0.148. The third-order valence-corrected chi connectivity index (χ3v) is 3.27. The Hall–Kier alpha value is -1.02. The maximum Gasteiger partial charge on any atom is 0.0743 e. The van der Waals surface area contributed by atoms with Crippen LogP contribution in [0.2, 0.25) is 0 Å². The molecule has 0 radical (unpaired) electrons. The van der Waals surface area contributed by atoms with Gasteiger partial charge in [0, 0.05) is 12.2 Å². The number of aliphatic hydroxyl groups is 1. The second kappa shape index (κ2) is 4.67. The van der Waals surface area contributed by atoms with Crippen molar-refractivity contribution in [2.24, 2.45) is 0 Å². The van der Waals surface area contributed by atoms with Gasteiger partial charge in [-0.1, -0.05) is 18.2 Å². The van der Waals surface area contributed by atoms with Gasteiger partial charge in [0.15, 0.2) is 0 Å². The van der Waals surface area contributed by atoms with E-state index in [4.69, 9.17) is 0 Å². The number of para-hydroxylation sites is 1. The molecule has 1 N–H and O–H groups in total. The van der Waals surface area contributed by atoms with Crippen molar-refractivity contribution < 1.29 is 5.11 Å². The molecule has 82 valence electrons. The van der Waals surface area contributed by atoms with Gasteiger partial charge in [0.2, 0.25) is 0 Å². The molecule has 0 amide bonds. The van der Waals surface area contributed by atoms with Crippen LogP contribution in [-0.2, 0) is 0 Å². The second-order valence-corrected chi connectivity index (χ2v) is 4.19. The predicted octanol–water partition coefficient (Wildman–Crippen LogP) is 2.43. The normalized spacial score (nSPS) is 25.5.